The van der Waals surface area contributed by atoms with Gasteiger partial charge in [-0.15, -0.1) is 0 Å². The van der Waals surface area contributed by atoms with Gasteiger partial charge < -0.3 is 4.74 Å². The summed E-state index contributed by atoms with van der Waals surface area (Å²) in [5.41, 5.74) is 3.39. The summed E-state index contributed by atoms with van der Waals surface area (Å²) in [6, 6.07) is 8.64. The largest absolute Gasteiger partial charge is 0.474 e. The van der Waals surface area contributed by atoms with Crippen LogP contribution in [0.3, 0.4) is 0 Å². The van der Waals surface area contributed by atoms with Crippen molar-refractivity contribution in [3.63, 3.8) is 0 Å². The Labute approximate surface area is 113 Å². The summed E-state index contributed by atoms with van der Waals surface area (Å²) < 4.78 is 5.57. The van der Waals surface area contributed by atoms with Gasteiger partial charge in [-0.2, -0.15) is 0 Å². The molecular weight excluding hydrogens is 236 g/mol. The lowest BCUT2D eigenvalue weighted by Gasteiger charge is -2.09. The summed E-state index contributed by atoms with van der Waals surface area (Å²) in [5, 5.41) is 0. The molecule has 0 aliphatic heterocycles. The number of benzene rings is 1. The van der Waals surface area contributed by atoms with Gasteiger partial charge in [0.25, 0.3) is 0 Å². The van der Waals surface area contributed by atoms with Crippen molar-refractivity contribution in [3.8, 4) is 17.1 Å². The Morgan fingerprint density at radius 1 is 1.11 bits per heavy atom. The van der Waals surface area contributed by atoms with E-state index in [1.54, 1.807) is 12.4 Å². The molecule has 98 valence electrons. The Morgan fingerprint density at radius 3 is 2.47 bits per heavy atom. The smallest absolute Gasteiger partial charge is 0.233 e. The van der Waals surface area contributed by atoms with Gasteiger partial charge in [0.2, 0.25) is 5.88 Å². The maximum atomic E-state index is 5.57. The maximum absolute atomic E-state index is 5.57. The van der Waals surface area contributed by atoms with E-state index in [0.29, 0.717) is 5.88 Å². The van der Waals surface area contributed by atoms with Gasteiger partial charge >= 0.3 is 0 Å². The summed E-state index contributed by atoms with van der Waals surface area (Å²) in [5.74, 6) is 1.37. The van der Waals surface area contributed by atoms with Crippen LogP contribution < -0.4 is 4.74 Å². The van der Waals surface area contributed by atoms with Gasteiger partial charge in [-0.1, -0.05) is 24.3 Å². The Hall–Kier alpha value is -1.90. The van der Waals surface area contributed by atoms with E-state index in [-0.39, 0.29) is 6.10 Å². The van der Waals surface area contributed by atoms with E-state index in [0.717, 1.165) is 17.2 Å². The van der Waals surface area contributed by atoms with Gasteiger partial charge in [0.1, 0.15) is 0 Å². The van der Waals surface area contributed by atoms with E-state index < -0.39 is 0 Å². The minimum atomic E-state index is 0.113. The molecule has 19 heavy (non-hydrogen) atoms. The number of nitrogens with zero attached hydrogens (tertiary/aromatic N) is 2. The highest BCUT2D eigenvalue weighted by molar-refractivity contribution is 5.59. The van der Waals surface area contributed by atoms with Crippen LogP contribution in [0.2, 0.25) is 0 Å². The van der Waals surface area contributed by atoms with Crippen molar-refractivity contribution >= 4 is 0 Å². The number of hydrogen-bond donors (Lipinski definition) is 0. The van der Waals surface area contributed by atoms with Crippen molar-refractivity contribution in [1.82, 2.24) is 9.97 Å². The molecule has 0 atom stereocenters. The molecule has 3 heteroatoms. The van der Waals surface area contributed by atoms with Gasteiger partial charge in [-0.25, -0.2) is 4.98 Å². The molecule has 1 aromatic carbocycles. The Bertz CT molecular complexity index is 559. The number of ether oxygens (including phenoxy) is 1. The Kier molecular flexibility index (Phi) is 3.20. The Balaban J connectivity index is 1.84. The second-order valence-electron chi connectivity index (χ2n) is 5.31. The summed E-state index contributed by atoms with van der Waals surface area (Å²) >= 11 is 0. The first-order valence-corrected chi connectivity index (χ1v) is 6.81. The molecular formula is C16H18N2O. The van der Waals surface area contributed by atoms with Crippen molar-refractivity contribution in [2.45, 2.75) is 38.7 Å². The molecule has 2 aromatic rings. The van der Waals surface area contributed by atoms with Gasteiger partial charge in [0.15, 0.2) is 0 Å². The molecule has 1 heterocycles. The third-order valence-electron chi connectivity index (χ3n) is 3.22. The first-order valence-electron chi connectivity index (χ1n) is 6.81. The summed E-state index contributed by atoms with van der Waals surface area (Å²) in [6.45, 7) is 3.97. The van der Waals surface area contributed by atoms with E-state index in [1.807, 2.05) is 13.8 Å². The first kappa shape index (κ1) is 12.2. The lowest BCUT2D eigenvalue weighted by molar-refractivity contribution is 0.232. The normalized spacial score (nSPS) is 14.7. The van der Waals surface area contributed by atoms with Crippen LogP contribution in [-0.2, 0) is 0 Å². The standard InChI is InChI=1S/C16H18N2O/c1-11(2)19-16-10-17-9-15(18-16)14-7-5-13(6-8-14)12-3-4-12/h5-12H,3-4H2,1-2H3. The van der Waals surface area contributed by atoms with Crippen LogP contribution in [0.1, 0.15) is 38.2 Å². The zero-order chi connectivity index (χ0) is 13.2. The maximum Gasteiger partial charge on any atom is 0.233 e. The predicted molar refractivity (Wildman–Crippen MR) is 75.2 cm³/mol. The third kappa shape index (κ3) is 2.92. The second-order valence-corrected chi connectivity index (χ2v) is 5.31. The van der Waals surface area contributed by atoms with Crippen molar-refractivity contribution in [1.29, 1.82) is 0 Å². The monoisotopic (exact) mass is 254 g/mol. The fourth-order valence-electron chi connectivity index (χ4n) is 2.13. The molecule has 1 fully saturated rings. The van der Waals surface area contributed by atoms with Crippen molar-refractivity contribution in [2.75, 3.05) is 0 Å². The van der Waals surface area contributed by atoms with Crippen LogP contribution >= 0.6 is 0 Å². The molecule has 0 amide bonds. The lowest BCUT2D eigenvalue weighted by Crippen LogP contribution is -2.07. The molecule has 1 aliphatic carbocycles. The van der Waals surface area contributed by atoms with Crippen molar-refractivity contribution < 1.29 is 4.74 Å². The molecule has 0 bridgehead atoms. The highest BCUT2D eigenvalue weighted by Gasteiger charge is 2.23. The zero-order valence-electron chi connectivity index (χ0n) is 11.3. The SMILES string of the molecule is CC(C)Oc1cncc(-c2ccc(C3CC3)cc2)n1. The molecule has 0 unspecified atom stereocenters. The van der Waals surface area contributed by atoms with Crippen LogP contribution in [0.25, 0.3) is 11.3 Å². The topological polar surface area (TPSA) is 35.0 Å². The van der Waals surface area contributed by atoms with Gasteiger partial charge in [0.05, 0.1) is 24.2 Å². The summed E-state index contributed by atoms with van der Waals surface area (Å²) in [6.07, 6.45) is 6.21. The summed E-state index contributed by atoms with van der Waals surface area (Å²) in [7, 11) is 0. The average Bonchev–Trinajstić information content (AvgIpc) is 3.23. The molecule has 1 aromatic heterocycles. The van der Waals surface area contributed by atoms with Crippen LogP contribution in [0.4, 0.5) is 0 Å². The second kappa shape index (κ2) is 5.00. The van der Waals surface area contributed by atoms with E-state index in [2.05, 4.69) is 34.2 Å². The molecule has 0 spiro atoms. The third-order valence-corrected chi connectivity index (χ3v) is 3.22. The Morgan fingerprint density at radius 2 is 1.84 bits per heavy atom. The quantitative estimate of drug-likeness (QED) is 0.832. The van der Waals surface area contributed by atoms with Crippen LogP contribution in [0.5, 0.6) is 5.88 Å². The van der Waals surface area contributed by atoms with Crippen LogP contribution in [0.15, 0.2) is 36.7 Å². The number of rotatable bonds is 4. The fraction of sp³-hybridized carbons (Fsp3) is 0.375. The minimum absolute atomic E-state index is 0.113. The molecule has 1 aliphatic rings. The molecule has 3 nitrogen and oxygen atoms in total. The highest BCUT2D eigenvalue weighted by atomic mass is 16.5. The van der Waals surface area contributed by atoms with Crippen molar-refractivity contribution in [3.05, 3.63) is 42.2 Å². The number of aromatic nitrogens is 2. The molecule has 0 saturated heterocycles. The predicted octanol–water partition coefficient (Wildman–Crippen LogP) is 3.81. The average molecular weight is 254 g/mol. The van der Waals surface area contributed by atoms with Gasteiger partial charge in [0, 0.05) is 5.56 Å². The van der Waals surface area contributed by atoms with Crippen LogP contribution in [0, 0.1) is 0 Å². The van der Waals surface area contributed by atoms with Crippen molar-refractivity contribution in [2.24, 2.45) is 0 Å². The highest BCUT2D eigenvalue weighted by Crippen LogP contribution is 2.40. The fourth-order valence-corrected chi connectivity index (χ4v) is 2.13. The van der Waals surface area contributed by atoms with E-state index in [4.69, 9.17) is 4.74 Å². The molecule has 3 rings (SSSR count). The van der Waals surface area contributed by atoms with Gasteiger partial charge in [-0.3, -0.25) is 4.98 Å². The molecule has 0 N–H and O–H groups in total. The van der Waals surface area contributed by atoms with Gasteiger partial charge in [-0.05, 0) is 38.2 Å². The van der Waals surface area contributed by atoms with E-state index in [1.165, 1.54) is 18.4 Å². The zero-order valence-corrected chi connectivity index (χ0v) is 11.3. The van der Waals surface area contributed by atoms with Crippen LogP contribution in [-0.4, -0.2) is 16.1 Å². The number of hydrogen-bond acceptors (Lipinski definition) is 3. The molecule has 0 radical (unpaired) electrons. The first-order chi connectivity index (χ1) is 9.22. The summed E-state index contributed by atoms with van der Waals surface area (Å²) in [4.78, 5) is 8.69. The van der Waals surface area contributed by atoms with E-state index >= 15 is 0 Å². The lowest BCUT2D eigenvalue weighted by atomic mass is 10.1. The molecule has 1 saturated carbocycles. The minimum Gasteiger partial charge on any atom is -0.474 e. The van der Waals surface area contributed by atoms with E-state index in [9.17, 15) is 0 Å².